The fourth-order valence-corrected chi connectivity index (χ4v) is 3.29. The quantitative estimate of drug-likeness (QED) is 0.325. The standard InChI is InChI=1S/C19H20ClNO/c20-11-5-1-2-6-12-21-18-8-4-3-7-16(18)17-13-15(14-22)9-10-19(17)21/h3-4,7-10,13-14H,1-2,5-6,11-12H2. The van der Waals surface area contributed by atoms with Gasteiger partial charge in [0.2, 0.25) is 0 Å². The van der Waals surface area contributed by atoms with Crippen LogP contribution in [0.2, 0.25) is 0 Å². The molecule has 1 aromatic heterocycles. The zero-order valence-electron chi connectivity index (χ0n) is 12.6. The van der Waals surface area contributed by atoms with Crippen molar-refractivity contribution in [2.45, 2.75) is 32.2 Å². The van der Waals surface area contributed by atoms with Gasteiger partial charge in [0.25, 0.3) is 0 Å². The molecule has 2 nitrogen and oxygen atoms in total. The van der Waals surface area contributed by atoms with Crippen LogP contribution < -0.4 is 0 Å². The summed E-state index contributed by atoms with van der Waals surface area (Å²) in [5.74, 6) is 0.754. The number of fused-ring (bicyclic) bond motifs is 3. The molecule has 3 aromatic rings. The van der Waals surface area contributed by atoms with Crippen molar-refractivity contribution in [3.05, 3.63) is 48.0 Å². The summed E-state index contributed by atoms with van der Waals surface area (Å²) in [6.07, 6.45) is 5.55. The van der Waals surface area contributed by atoms with Crippen LogP contribution in [0.25, 0.3) is 21.8 Å². The molecule has 0 bridgehead atoms. The first kappa shape index (κ1) is 15.1. The minimum absolute atomic E-state index is 0.734. The Labute approximate surface area is 135 Å². The number of hydrogen-bond acceptors (Lipinski definition) is 1. The van der Waals surface area contributed by atoms with E-state index in [9.17, 15) is 4.79 Å². The van der Waals surface area contributed by atoms with E-state index in [2.05, 4.69) is 34.9 Å². The highest BCUT2D eigenvalue weighted by molar-refractivity contribution is 6.17. The third-order valence-electron chi connectivity index (χ3n) is 4.20. The smallest absolute Gasteiger partial charge is 0.150 e. The molecule has 0 spiro atoms. The first-order valence-electron chi connectivity index (χ1n) is 7.87. The number of carbonyl (C=O) groups excluding carboxylic acids is 1. The summed E-state index contributed by atoms with van der Waals surface area (Å²) < 4.78 is 2.37. The zero-order chi connectivity index (χ0) is 15.4. The predicted molar refractivity (Wildman–Crippen MR) is 94.0 cm³/mol. The topological polar surface area (TPSA) is 22.0 Å². The van der Waals surface area contributed by atoms with E-state index in [0.717, 1.165) is 37.1 Å². The second-order valence-electron chi connectivity index (χ2n) is 5.67. The third-order valence-corrected chi connectivity index (χ3v) is 4.47. The maximum atomic E-state index is 11.0. The average Bonchev–Trinajstić information content (AvgIpc) is 2.88. The summed E-state index contributed by atoms with van der Waals surface area (Å²) in [5.41, 5.74) is 3.19. The van der Waals surface area contributed by atoms with Gasteiger partial charge in [0.05, 0.1) is 0 Å². The van der Waals surface area contributed by atoms with Crippen molar-refractivity contribution in [2.24, 2.45) is 0 Å². The summed E-state index contributed by atoms with van der Waals surface area (Å²) >= 11 is 5.73. The van der Waals surface area contributed by atoms with Crippen molar-refractivity contribution >= 4 is 39.7 Å². The number of benzene rings is 2. The number of aldehydes is 1. The Kier molecular flexibility index (Phi) is 4.79. The number of aromatic nitrogens is 1. The number of nitrogens with zero attached hydrogens (tertiary/aromatic N) is 1. The van der Waals surface area contributed by atoms with Crippen molar-refractivity contribution < 1.29 is 4.79 Å². The Balaban J connectivity index is 1.97. The summed E-state index contributed by atoms with van der Waals surface area (Å²) in [6.45, 7) is 1.01. The Bertz CT molecular complexity index is 791. The number of aryl methyl sites for hydroxylation is 1. The minimum Gasteiger partial charge on any atom is -0.340 e. The number of halogens is 1. The molecule has 0 aliphatic heterocycles. The van der Waals surface area contributed by atoms with E-state index in [1.807, 2.05) is 12.1 Å². The Morgan fingerprint density at radius 2 is 1.68 bits per heavy atom. The van der Waals surface area contributed by atoms with E-state index < -0.39 is 0 Å². The summed E-state index contributed by atoms with van der Waals surface area (Å²) in [5, 5.41) is 2.39. The molecule has 0 saturated heterocycles. The van der Waals surface area contributed by atoms with Crippen molar-refractivity contribution in [1.29, 1.82) is 0 Å². The molecule has 22 heavy (non-hydrogen) atoms. The van der Waals surface area contributed by atoms with Gasteiger partial charge in [-0.05, 0) is 37.1 Å². The lowest BCUT2D eigenvalue weighted by molar-refractivity contribution is 0.112. The van der Waals surface area contributed by atoms with Crippen LogP contribution in [0, 0.1) is 0 Å². The van der Waals surface area contributed by atoms with E-state index >= 15 is 0 Å². The van der Waals surface area contributed by atoms with E-state index in [1.54, 1.807) is 0 Å². The predicted octanol–water partition coefficient (Wildman–Crippen LogP) is 5.41. The number of para-hydroxylation sites is 1. The molecule has 114 valence electrons. The molecule has 0 amide bonds. The van der Waals surface area contributed by atoms with Gasteiger partial charge in [0.15, 0.2) is 0 Å². The molecule has 0 aliphatic rings. The van der Waals surface area contributed by atoms with Crippen LogP contribution in [0.4, 0.5) is 0 Å². The zero-order valence-corrected chi connectivity index (χ0v) is 13.4. The highest BCUT2D eigenvalue weighted by Gasteiger charge is 2.10. The van der Waals surface area contributed by atoms with E-state index in [1.165, 1.54) is 34.6 Å². The molecule has 0 fully saturated rings. The summed E-state index contributed by atoms with van der Waals surface area (Å²) in [7, 11) is 0. The molecule has 3 heteroatoms. The number of unbranched alkanes of at least 4 members (excludes halogenated alkanes) is 3. The molecule has 0 radical (unpaired) electrons. The van der Waals surface area contributed by atoms with Crippen molar-refractivity contribution in [3.63, 3.8) is 0 Å². The number of carbonyl (C=O) groups is 1. The number of alkyl halides is 1. The maximum Gasteiger partial charge on any atom is 0.150 e. The lowest BCUT2D eigenvalue weighted by Gasteiger charge is -2.07. The highest BCUT2D eigenvalue weighted by atomic mass is 35.5. The first-order chi connectivity index (χ1) is 10.8. The van der Waals surface area contributed by atoms with E-state index in [4.69, 9.17) is 11.6 Å². The monoisotopic (exact) mass is 313 g/mol. The second kappa shape index (κ2) is 6.97. The maximum absolute atomic E-state index is 11.0. The van der Waals surface area contributed by atoms with Crippen LogP contribution >= 0.6 is 11.6 Å². The van der Waals surface area contributed by atoms with Gasteiger partial charge in [0, 0.05) is 39.8 Å². The molecular weight excluding hydrogens is 294 g/mol. The van der Waals surface area contributed by atoms with Gasteiger partial charge in [-0.1, -0.05) is 31.0 Å². The first-order valence-corrected chi connectivity index (χ1v) is 8.40. The van der Waals surface area contributed by atoms with Crippen LogP contribution in [0.5, 0.6) is 0 Å². The van der Waals surface area contributed by atoms with Crippen molar-refractivity contribution in [2.75, 3.05) is 5.88 Å². The summed E-state index contributed by atoms with van der Waals surface area (Å²) in [4.78, 5) is 11.0. The summed E-state index contributed by atoms with van der Waals surface area (Å²) in [6, 6.07) is 14.4. The van der Waals surface area contributed by atoms with Gasteiger partial charge in [-0.25, -0.2) is 0 Å². The van der Waals surface area contributed by atoms with E-state index in [-0.39, 0.29) is 0 Å². The Morgan fingerprint density at radius 1 is 0.909 bits per heavy atom. The largest absolute Gasteiger partial charge is 0.340 e. The van der Waals surface area contributed by atoms with Gasteiger partial charge < -0.3 is 4.57 Å². The van der Waals surface area contributed by atoms with Gasteiger partial charge in [-0.2, -0.15) is 0 Å². The molecule has 1 heterocycles. The normalized spacial score (nSPS) is 11.3. The van der Waals surface area contributed by atoms with Gasteiger partial charge in [0.1, 0.15) is 6.29 Å². The number of rotatable bonds is 7. The highest BCUT2D eigenvalue weighted by Crippen LogP contribution is 2.30. The van der Waals surface area contributed by atoms with Gasteiger partial charge >= 0.3 is 0 Å². The van der Waals surface area contributed by atoms with Crippen LogP contribution in [-0.2, 0) is 6.54 Å². The van der Waals surface area contributed by atoms with Gasteiger partial charge in [-0.15, -0.1) is 11.6 Å². The van der Waals surface area contributed by atoms with E-state index in [0.29, 0.717) is 0 Å². The Morgan fingerprint density at radius 3 is 2.50 bits per heavy atom. The molecule has 0 N–H and O–H groups in total. The molecular formula is C19H20ClNO. The molecule has 0 unspecified atom stereocenters. The molecule has 0 atom stereocenters. The fourth-order valence-electron chi connectivity index (χ4n) is 3.10. The minimum atomic E-state index is 0.734. The average molecular weight is 314 g/mol. The Hall–Kier alpha value is -1.80. The van der Waals surface area contributed by atoms with Crippen LogP contribution in [-0.4, -0.2) is 16.7 Å². The van der Waals surface area contributed by atoms with Crippen LogP contribution in [0.3, 0.4) is 0 Å². The fraction of sp³-hybridized carbons (Fsp3) is 0.316. The second-order valence-corrected chi connectivity index (χ2v) is 6.04. The van der Waals surface area contributed by atoms with Crippen LogP contribution in [0.15, 0.2) is 42.5 Å². The third kappa shape index (κ3) is 2.89. The lowest BCUT2D eigenvalue weighted by atomic mass is 10.1. The molecule has 0 aliphatic carbocycles. The van der Waals surface area contributed by atoms with Gasteiger partial charge in [-0.3, -0.25) is 4.79 Å². The molecule has 3 rings (SSSR count). The number of hydrogen-bond donors (Lipinski definition) is 0. The SMILES string of the molecule is O=Cc1ccc2c(c1)c1ccccc1n2CCCCCCCl. The molecule has 2 aromatic carbocycles. The van der Waals surface area contributed by atoms with Crippen molar-refractivity contribution in [1.82, 2.24) is 4.57 Å². The van der Waals surface area contributed by atoms with Crippen molar-refractivity contribution in [3.8, 4) is 0 Å². The lowest BCUT2D eigenvalue weighted by Crippen LogP contribution is -1.97. The van der Waals surface area contributed by atoms with Crippen LogP contribution in [0.1, 0.15) is 36.0 Å². The molecule has 0 saturated carbocycles.